The van der Waals surface area contributed by atoms with Crippen LogP contribution in [0.1, 0.15) is 11.9 Å². The van der Waals surface area contributed by atoms with Crippen molar-refractivity contribution < 1.29 is 22.8 Å². The smallest absolute Gasteiger partial charge is 0.387 e. The second-order valence-corrected chi connectivity index (χ2v) is 4.40. The highest BCUT2D eigenvalue weighted by Crippen LogP contribution is 2.30. The van der Waals surface area contributed by atoms with Crippen molar-refractivity contribution in [3.63, 3.8) is 0 Å². The monoisotopic (exact) mass is 297 g/mol. The molecule has 0 saturated carbocycles. The van der Waals surface area contributed by atoms with Gasteiger partial charge in [-0.05, 0) is 12.1 Å². The first kappa shape index (κ1) is 13.9. The summed E-state index contributed by atoms with van der Waals surface area (Å²) in [7, 11) is 0. The van der Waals surface area contributed by atoms with Gasteiger partial charge < -0.3 is 19.3 Å². The molecule has 1 saturated heterocycles. The van der Waals surface area contributed by atoms with E-state index >= 15 is 0 Å². The number of nitrogens with one attached hydrogen (secondary N) is 1. The second-order valence-electron chi connectivity index (χ2n) is 4.40. The number of hydrogen-bond donors (Lipinski definition) is 1. The van der Waals surface area contributed by atoms with Gasteiger partial charge >= 0.3 is 6.61 Å². The molecule has 2 aromatic rings. The zero-order valence-electron chi connectivity index (χ0n) is 11.0. The Morgan fingerprint density at radius 1 is 1.33 bits per heavy atom. The lowest BCUT2D eigenvalue weighted by Crippen LogP contribution is -2.33. The molecular formula is C13H13F2N3O3. The van der Waals surface area contributed by atoms with Crippen LogP contribution < -0.4 is 10.1 Å². The van der Waals surface area contributed by atoms with E-state index in [9.17, 15) is 8.78 Å². The Kier molecular flexibility index (Phi) is 4.07. The van der Waals surface area contributed by atoms with Crippen LogP contribution in [0, 0.1) is 0 Å². The molecule has 0 spiro atoms. The van der Waals surface area contributed by atoms with Gasteiger partial charge in [0.15, 0.2) is 0 Å². The minimum atomic E-state index is -2.92. The summed E-state index contributed by atoms with van der Waals surface area (Å²) in [6.07, 6.45) is -0.306. The number of hydrogen-bond acceptors (Lipinski definition) is 6. The van der Waals surface area contributed by atoms with E-state index in [2.05, 4.69) is 20.2 Å². The largest absolute Gasteiger partial charge is 0.434 e. The number of nitrogens with zero attached hydrogens (tertiary/aromatic N) is 2. The van der Waals surface area contributed by atoms with Crippen LogP contribution in [0.5, 0.6) is 5.75 Å². The molecule has 2 heterocycles. The van der Waals surface area contributed by atoms with Crippen LogP contribution >= 0.6 is 0 Å². The van der Waals surface area contributed by atoms with Crippen molar-refractivity contribution in [2.45, 2.75) is 12.7 Å². The van der Waals surface area contributed by atoms with Crippen molar-refractivity contribution in [2.24, 2.45) is 0 Å². The molecular weight excluding hydrogens is 284 g/mol. The lowest BCUT2D eigenvalue weighted by molar-refractivity contribution is -0.0495. The SMILES string of the molecule is FC(F)Oc1ccccc1-c1nc(C2CNCCO2)no1. The molecule has 0 bridgehead atoms. The van der Waals surface area contributed by atoms with Gasteiger partial charge in [0.25, 0.3) is 5.89 Å². The van der Waals surface area contributed by atoms with Gasteiger partial charge in [-0.2, -0.15) is 13.8 Å². The molecule has 6 nitrogen and oxygen atoms in total. The molecule has 8 heteroatoms. The van der Waals surface area contributed by atoms with Crippen molar-refractivity contribution in [3.05, 3.63) is 30.1 Å². The molecule has 1 aromatic carbocycles. The highest BCUT2D eigenvalue weighted by Gasteiger charge is 2.23. The summed E-state index contributed by atoms with van der Waals surface area (Å²) < 4.78 is 39.9. The summed E-state index contributed by atoms with van der Waals surface area (Å²) in [6.45, 7) is -1.01. The fourth-order valence-corrected chi connectivity index (χ4v) is 2.05. The number of benzene rings is 1. The Bertz CT molecular complexity index is 600. The maximum atomic E-state index is 12.4. The van der Waals surface area contributed by atoms with Crippen LogP contribution in [-0.2, 0) is 4.74 Å². The molecule has 1 aromatic heterocycles. The zero-order valence-corrected chi connectivity index (χ0v) is 11.0. The number of rotatable bonds is 4. The van der Waals surface area contributed by atoms with Gasteiger partial charge in [-0.15, -0.1) is 0 Å². The summed E-state index contributed by atoms with van der Waals surface area (Å²) in [6, 6.07) is 6.27. The Balaban J connectivity index is 1.85. The predicted molar refractivity (Wildman–Crippen MR) is 67.9 cm³/mol. The first-order valence-corrected chi connectivity index (χ1v) is 6.44. The van der Waals surface area contributed by atoms with Gasteiger partial charge in [0.1, 0.15) is 11.9 Å². The van der Waals surface area contributed by atoms with E-state index in [0.29, 0.717) is 24.5 Å². The van der Waals surface area contributed by atoms with E-state index in [4.69, 9.17) is 9.26 Å². The summed E-state index contributed by atoms with van der Waals surface area (Å²) in [5.41, 5.74) is 0.320. The molecule has 0 amide bonds. The summed E-state index contributed by atoms with van der Waals surface area (Å²) in [5.74, 6) is 0.491. The number of para-hydroxylation sites is 1. The highest BCUT2D eigenvalue weighted by molar-refractivity contribution is 5.62. The number of aromatic nitrogens is 2. The Morgan fingerprint density at radius 2 is 2.19 bits per heavy atom. The third-order valence-electron chi connectivity index (χ3n) is 2.99. The van der Waals surface area contributed by atoms with Crippen LogP contribution in [0.15, 0.2) is 28.8 Å². The maximum Gasteiger partial charge on any atom is 0.387 e. The van der Waals surface area contributed by atoms with E-state index < -0.39 is 6.61 Å². The van der Waals surface area contributed by atoms with Crippen molar-refractivity contribution in [1.29, 1.82) is 0 Å². The third kappa shape index (κ3) is 3.17. The summed E-state index contributed by atoms with van der Waals surface area (Å²) in [5, 5.41) is 6.99. The van der Waals surface area contributed by atoms with E-state index in [1.54, 1.807) is 18.2 Å². The quantitative estimate of drug-likeness (QED) is 0.931. The lowest BCUT2D eigenvalue weighted by atomic mass is 10.2. The van der Waals surface area contributed by atoms with Gasteiger partial charge in [-0.1, -0.05) is 17.3 Å². The van der Waals surface area contributed by atoms with Crippen LogP contribution in [0.3, 0.4) is 0 Å². The molecule has 112 valence electrons. The summed E-state index contributed by atoms with van der Waals surface area (Å²) in [4.78, 5) is 4.20. The van der Waals surface area contributed by atoms with Crippen LogP contribution in [0.25, 0.3) is 11.5 Å². The standard InChI is InChI=1S/C13H13F2N3O3/c14-13(15)20-9-4-2-1-3-8(9)12-17-11(18-21-12)10-7-16-5-6-19-10/h1-4,10,13,16H,5-7H2. The molecule has 1 fully saturated rings. The predicted octanol–water partition coefficient (Wildman–Crippen LogP) is 2.00. The van der Waals surface area contributed by atoms with Crippen molar-refractivity contribution in [2.75, 3.05) is 19.7 Å². The lowest BCUT2D eigenvalue weighted by Gasteiger charge is -2.20. The average Bonchev–Trinajstić information content (AvgIpc) is 2.98. The first-order valence-electron chi connectivity index (χ1n) is 6.44. The molecule has 1 aliphatic rings. The highest BCUT2D eigenvalue weighted by atomic mass is 19.3. The number of halogens is 2. The van der Waals surface area contributed by atoms with Gasteiger partial charge in [0.05, 0.1) is 12.2 Å². The molecule has 1 N–H and O–H groups in total. The minimum Gasteiger partial charge on any atom is -0.434 e. The molecule has 0 radical (unpaired) electrons. The first-order chi connectivity index (χ1) is 10.2. The topological polar surface area (TPSA) is 69.4 Å². The van der Waals surface area contributed by atoms with Gasteiger partial charge in [0, 0.05) is 13.1 Å². The minimum absolute atomic E-state index is 0.00890. The van der Waals surface area contributed by atoms with E-state index in [1.807, 2.05) is 0 Å². The van der Waals surface area contributed by atoms with Crippen LogP contribution in [-0.4, -0.2) is 36.4 Å². The molecule has 1 unspecified atom stereocenters. The average molecular weight is 297 g/mol. The maximum absolute atomic E-state index is 12.4. The molecule has 21 heavy (non-hydrogen) atoms. The van der Waals surface area contributed by atoms with Gasteiger partial charge in [-0.3, -0.25) is 0 Å². The van der Waals surface area contributed by atoms with Gasteiger partial charge in [0.2, 0.25) is 5.82 Å². The number of ether oxygens (including phenoxy) is 2. The van der Waals surface area contributed by atoms with Gasteiger partial charge in [-0.25, -0.2) is 0 Å². The van der Waals surface area contributed by atoms with Crippen molar-refractivity contribution >= 4 is 0 Å². The van der Waals surface area contributed by atoms with E-state index in [1.165, 1.54) is 6.07 Å². The molecule has 1 aliphatic heterocycles. The summed E-state index contributed by atoms with van der Waals surface area (Å²) >= 11 is 0. The molecule has 0 aliphatic carbocycles. The van der Waals surface area contributed by atoms with Crippen LogP contribution in [0.4, 0.5) is 8.78 Å². The zero-order chi connectivity index (χ0) is 14.7. The Labute approximate surface area is 119 Å². The van der Waals surface area contributed by atoms with Crippen molar-refractivity contribution in [1.82, 2.24) is 15.5 Å². The third-order valence-corrected chi connectivity index (χ3v) is 2.99. The fraction of sp³-hybridized carbons (Fsp3) is 0.385. The Morgan fingerprint density at radius 3 is 2.95 bits per heavy atom. The number of morpholine rings is 1. The number of alkyl halides is 2. The normalized spacial score (nSPS) is 18.9. The Hall–Kier alpha value is -2.06. The van der Waals surface area contributed by atoms with Crippen molar-refractivity contribution in [3.8, 4) is 17.2 Å². The van der Waals surface area contributed by atoms with E-state index in [0.717, 1.165) is 6.54 Å². The van der Waals surface area contributed by atoms with E-state index in [-0.39, 0.29) is 17.7 Å². The fourth-order valence-electron chi connectivity index (χ4n) is 2.05. The second kappa shape index (κ2) is 6.15. The molecule has 1 atom stereocenters. The van der Waals surface area contributed by atoms with Crippen LogP contribution in [0.2, 0.25) is 0 Å². The molecule has 3 rings (SSSR count).